The average Bonchev–Trinajstić information content (AvgIpc) is 2.11. The fourth-order valence-corrected chi connectivity index (χ4v) is 1.55. The van der Waals surface area contributed by atoms with E-state index in [2.05, 4.69) is 4.98 Å². The highest BCUT2D eigenvalue weighted by molar-refractivity contribution is 14.1. The highest BCUT2D eigenvalue weighted by atomic mass is 127. The second kappa shape index (κ2) is 4.64. The maximum absolute atomic E-state index is 12.5. The van der Waals surface area contributed by atoms with Crippen LogP contribution in [0.2, 0.25) is 0 Å². The van der Waals surface area contributed by atoms with E-state index in [-0.39, 0.29) is 12.1 Å². The first-order valence-electron chi connectivity index (χ1n) is 3.87. The number of pyridine rings is 1. The quantitative estimate of drug-likeness (QED) is 0.788. The molecule has 0 N–H and O–H groups in total. The summed E-state index contributed by atoms with van der Waals surface area (Å²) in [5.41, 5.74) is 0.615. The van der Waals surface area contributed by atoms with Crippen LogP contribution in [0.4, 0.5) is 8.78 Å². The minimum absolute atomic E-state index is 0.0248. The lowest BCUT2D eigenvalue weighted by Crippen LogP contribution is -2.01. The van der Waals surface area contributed by atoms with Gasteiger partial charge < -0.3 is 0 Å². The number of halogens is 3. The van der Waals surface area contributed by atoms with Gasteiger partial charge in [-0.15, -0.1) is 0 Å². The molecule has 0 saturated carbocycles. The van der Waals surface area contributed by atoms with E-state index < -0.39 is 6.43 Å². The molecular formula is C9H7F2IN2. The van der Waals surface area contributed by atoms with Crippen molar-refractivity contribution >= 4 is 22.6 Å². The first kappa shape index (κ1) is 11.3. The second-order valence-corrected chi connectivity index (χ2v) is 3.90. The van der Waals surface area contributed by atoms with Crippen molar-refractivity contribution in [1.29, 1.82) is 5.26 Å². The molecule has 0 aliphatic heterocycles. The first-order valence-corrected chi connectivity index (χ1v) is 4.95. The summed E-state index contributed by atoms with van der Waals surface area (Å²) in [6, 6.07) is 3.44. The van der Waals surface area contributed by atoms with Crippen LogP contribution in [0.25, 0.3) is 0 Å². The standard InChI is InChI=1S/C9H7F2IN2/c1-5-7(12)4-6(2-3-13)8(14-5)9(10)11/h4,9H,2H2,1H3. The molecule has 0 saturated heterocycles. The van der Waals surface area contributed by atoms with Gasteiger partial charge in [0.15, 0.2) is 0 Å². The Labute approximate surface area is 94.1 Å². The van der Waals surface area contributed by atoms with Gasteiger partial charge in [-0.05, 0) is 41.1 Å². The summed E-state index contributed by atoms with van der Waals surface area (Å²) in [4.78, 5) is 3.78. The van der Waals surface area contributed by atoms with E-state index in [0.29, 0.717) is 11.3 Å². The zero-order valence-corrected chi connectivity index (χ0v) is 9.55. The largest absolute Gasteiger partial charge is 0.280 e. The Morgan fingerprint density at radius 1 is 1.64 bits per heavy atom. The van der Waals surface area contributed by atoms with Crippen molar-refractivity contribution < 1.29 is 8.78 Å². The third kappa shape index (κ3) is 2.38. The van der Waals surface area contributed by atoms with Crippen molar-refractivity contribution in [2.24, 2.45) is 0 Å². The van der Waals surface area contributed by atoms with Gasteiger partial charge in [0.05, 0.1) is 18.2 Å². The van der Waals surface area contributed by atoms with Crippen molar-refractivity contribution in [2.45, 2.75) is 19.8 Å². The fourth-order valence-electron chi connectivity index (χ4n) is 1.05. The smallest absolute Gasteiger partial charge is 0.251 e. The summed E-state index contributed by atoms with van der Waals surface area (Å²) in [6.45, 7) is 1.67. The number of rotatable bonds is 2. The molecule has 74 valence electrons. The van der Waals surface area contributed by atoms with Gasteiger partial charge >= 0.3 is 0 Å². The molecule has 1 aromatic heterocycles. The van der Waals surface area contributed by atoms with Crippen LogP contribution < -0.4 is 0 Å². The third-order valence-corrected chi connectivity index (χ3v) is 2.83. The van der Waals surface area contributed by atoms with E-state index in [9.17, 15) is 8.78 Å². The lowest BCUT2D eigenvalue weighted by atomic mass is 10.1. The average molecular weight is 308 g/mol. The number of aryl methyl sites for hydroxylation is 1. The van der Waals surface area contributed by atoms with Gasteiger partial charge in [-0.2, -0.15) is 5.26 Å². The van der Waals surface area contributed by atoms with Crippen molar-refractivity contribution in [2.75, 3.05) is 0 Å². The summed E-state index contributed by atoms with van der Waals surface area (Å²) in [6.07, 6.45) is -2.64. The molecule has 0 fully saturated rings. The molecule has 0 atom stereocenters. The number of nitriles is 1. The summed E-state index contributed by atoms with van der Waals surface area (Å²) in [5, 5.41) is 8.46. The molecule has 14 heavy (non-hydrogen) atoms. The number of hydrogen-bond donors (Lipinski definition) is 0. The van der Waals surface area contributed by atoms with Crippen LogP contribution in [0.3, 0.4) is 0 Å². The molecule has 0 aromatic carbocycles. The van der Waals surface area contributed by atoms with Gasteiger partial charge in [0, 0.05) is 3.57 Å². The molecule has 0 spiro atoms. The maximum Gasteiger partial charge on any atom is 0.280 e. The molecule has 0 amide bonds. The minimum Gasteiger partial charge on any atom is -0.251 e. The Kier molecular flexibility index (Phi) is 3.75. The Morgan fingerprint density at radius 3 is 2.79 bits per heavy atom. The van der Waals surface area contributed by atoms with Crippen molar-refractivity contribution in [3.63, 3.8) is 0 Å². The van der Waals surface area contributed by atoms with Crippen LogP contribution in [-0.4, -0.2) is 4.98 Å². The summed E-state index contributed by atoms with van der Waals surface area (Å²) < 4.78 is 25.8. The Bertz CT molecular complexity index is 385. The molecule has 0 aliphatic carbocycles. The van der Waals surface area contributed by atoms with Gasteiger partial charge in [0.2, 0.25) is 0 Å². The lowest BCUT2D eigenvalue weighted by molar-refractivity contribution is 0.145. The van der Waals surface area contributed by atoms with Crippen LogP contribution in [0.1, 0.15) is 23.4 Å². The predicted octanol–water partition coefficient (Wildman–Crippen LogP) is 3.00. The van der Waals surface area contributed by atoms with Crippen LogP contribution in [0.15, 0.2) is 6.07 Å². The highest BCUT2D eigenvalue weighted by Crippen LogP contribution is 2.24. The monoisotopic (exact) mass is 308 g/mol. The van der Waals surface area contributed by atoms with Gasteiger partial charge in [0.1, 0.15) is 5.69 Å². The topological polar surface area (TPSA) is 36.7 Å². The van der Waals surface area contributed by atoms with Gasteiger partial charge in [0.25, 0.3) is 6.43 Å². The van der Waals surface area contributed by atoms with Crippen LogP contribution in [0.5, 0.6) is 0 Å². The fraction of sp³-hybridized carbons (Fsp3) is 0.333. The molecule has 1 aromatic rings. The predicted molar refractivity (Wildman–Crippen MR) is 56.0 cm³/mol. The summed E-state index contributed by atoms with van der Waals surface area (Å²) in [5.74, 6) is 0. The second-order valence-electron chi connectivity index (χ2n) is 2.74. The van der Waals surface area contributed by atoms with Crippen LogP contribution in [-0.2, 0) is 6.42 Å². The number of alkyl halides is 2. The minimum atomic E-state index is -2.62. The first-order chi connectivity index (χ1) is 6.56. The molecule has 0 aliphatic rings. The number of aromatic nitrogens is 1. The lowest BCUT2D eigenvalue weighted by Gasteiger charge is -2.07. The van der Waals surface area contributed by atoms with E-state index >= 15 is 0 Å². The molecule has 0 radical (unpaired) electrons. The van der Waals surface area contributed by atoms with E-state index in [1.165, 1.54) is 0 Å². The normalized spacial score (nSPS) is 10.3. The molecule has 5 heteroatoms. The van der Waals surface area contributed by atoms with E-state index in [0.717, 1.165) is 3.57 Å². The zero-order chi connectivity index (χ0) is 10.7. The van der Waals surface area contributed by atoms with E-state index in [4.69, 9.17) is 5.26 Å². The number of hydrogen-bond acceptors (Lipinski definition) is 2. The van der Waals surface area contributed by atoms with Crippen molar-refractivity contribution in [3.05, 3.63) is 26.6 Å². The molecule has 2 nitrogen and oxygen atoms in total. The third-order valence-electron chi connectivity index (χ3n) is 1.74. The SMILES string of the molecule is Cc1nc(C(F)F)c(CC#N)cc1I. The van der Waals surface area contributed by atoms with E-state index in [1.54, 1.807) is 13.0 Å². The Morgan fingerprint density at radius 2 is 2.29 bits per heavy atom. The van der Waals surface area contributed by atoms with Crippen LogP contribution in [0, 0.1) is 21.8 Å². The molecule has 0 unspecified atom stereocenters. The van der Waals surface area contributed by atoms with E-state index in [1.807, 2.05) is 28.7 Å². The molecule has 0 bridgehead atoms. The van der Waals surface area contributed by atoms with Crippen molar-refractivity contribution in [3.8, 4) is 6.07 Å². The van der Waals surface area contributed by atoms with Crippen LogP contribution >= 0.6 is 22.6 Å². The van der Waals surface area contributed by atoms with Gasteiger partial charge in [-0.25, -0.2) is 8.78 Å². The maximum atomic E-state index is 12.5. The summed E-state index contributed by atoms with van der Waals surface area (Å²) in [7, 11) is 0. The molecule has 1 rings (SSSR count). The van der Waals surface area contributed by atoms with Crippen molar-refractivity contribution in [1.82, 2.24) is 4.98 Å². The Hall–Kier alpha value is -0.770. The van der Waals surface area contributed by atoms with Gasteiger partial charge in [-0.3, -0.25) is 4.98 Å². The zero-order valence-electron chi connectivity index (χ0n) is 7.39. The van der Waals surface area contributed by atoms with Gasteiger partial charge in [-0.1, -0.05) is 0 Å². The molecule has 1 heterocycles. The number of nitrogens with zero attached hydrogens (tertiary/aromatic N) is 2. The Balaban J connectivity index is 3.25. The highest BCUT2D eigenvalue weighted by Gasteiger charge is 2.16. The summed E-state index contributed by atoms with van der Waals surface area (Å²) >= 11 is 2.01. The molecular weight excluding hydrogens is 301 g/mol.